The lowest BCUT2D eigenvalue weighted by atomic mass is 9.96. The van der Waals surface area contributed by atoms with Gasteiger partial charge in [-0.15, -0.1) is 0 Å². The lowest BCUT2D eigenvalue weighted by molar-refractivity contribution is 0.569. The van der Waals surface area contributed by atoms with E-state index in [4.69, 9.17) is 11.6 Å². The number of nitrogens with zero attached hydrogens (tertiary/aromatic N) is 3. The van der Waals surface area contributed by atoms with Crippen molar-refractivity contribution in [2.75, 3.05) is 13.6 Å². The maximum atomic E-state index is 6.25. The van der Waals surface area contributed by atoms with Gasteiger partial charge in [0, 0.05) is 36.2 Å². The maximum Gasteiger partial charge on any atom is 0.199 e. The zero-order chi connectivity index (χ0) is 18.4. The Hall–Kier alpha value is -2.52. The largest absolute Gasteiger partial charge is 0.346 e. The van der Waals surface area contributed by atoms with Crippen LogP contribution >= 0.6 is 11.6 Å². The minimum atomic E-state index is 0.543. The number of halogens is 1. The van der Waals surface area contributed by atoms with Crippen molar-refractivity contribution in [2.45, 2.75) is 25.7 Å². The molecule has 0 atom stereocenters. The van der Waals surface area contributed by atoms with Gasteiger partial charge in [-0.2, -0.15) is 0 Å². The molecule has 0 saturated heterocycles. The molecule has 3 aliphatic rings. The molecule has 0 spiro atoms. The van der Waals surface area contributed by atoms with Crippen LogP contribution in [0.25, 0.3) is 23.5 Å². The molecule has 27 heavy (non-hydrogen) atoms. The van der Waals surface area contributed by atoms with Crippen LogP contribution < -0.4 is 0 Å². The van der Waals surface area contributed by atoms with Gasteiger partial charge in [0.05, 0.1) is 5.70 Å². The van der Waals surface area contributed by atoms with Gasteiger partial charge in [0.1, 0.15) is 0 Å². The summed E-state index contributed by atoms with van der Waals surface area (Å²) >= 11 is 6.25. The van der Waals surface area contributed by atoms with E-state index >= 15 is 0 Å². The van der Waals surface area contributed by atoms with Crippen molar-refractivity contribution in [1.29, 1.82) is 0 Å². The second kappa shape index (κ2) is 6.58. The van der Waals surface area contributed by atoms with E-state index in [9.17, 15) is 0 Å². The fraction of sp³-hybridized carbons (Fsp3) is 0.261. The van der Waals surface area contributed by atoms with Gasteiger partial charge >= 0.3 is 0 Å². The summed E-state index contributed by atoms with van der Waals surface area (Å²) in [5.74, 6) is 0. The number of fused-ring (bicyclic) bond motifs is 3. The van der Waals surface area contributed by atoms with E-state index in [1.807, 2.05) is 11.9 Å². The summed E-state index contributed by atoms with van der Waals surface area (Å²) in [6.07, 6.45) is 15.8. The van der Waals surface area contributed by atoms with Crippen LogP contribution in [-0.4, -0.2) is 28.4 Å². The molecule has 2 aliphatic carbocycles. The number of aliphatic imine (C=N–C) groups is 1. The average Bonchev–Trinajstić information content (AvgIpc) is 3.05. The highest BCUT2D eigenvalue weighted by atomic mass is 35.5. The van der Waals surface area contributed by atoms with Crippen molar-refractivity contribution in [3.8, 4) is 5.69 Å². The Kier molecular flexibility index (Phi) is 4.05. The number of benzene rings is 1. The summed E-state index contributed by atoms with van der Waals surface area (Å²) in [5, 5.41) is 0.543. The summed E-state index contributed by atoms with van der Waals surface area (Å²) in [6.45, 7) is 0.781. The quantitative estimate of drug-likeness (QED) is 0.654. The van der Waals surface area contributed by atoms with Gasteiger partial charge in [-0.05, 0) is 72.7 Å². The summed E-state index contributed by atoms with van der Waals surface area (Å²) in [5.41, 5.74) is 8.97. The zero-order valence-corrected chi connectivity index (χ0v) is 16.2. The molecule has 3 nitrogen and oxygen atoms in total. The van der Waals surface area contributed by atoms with Crippen molar-refractivity contribution in [2.24, 2.45) is 4.99 Å². The number of aromatic nitrogens is 1. The SMILES string of the molecule is CN1CC=C(c2cccc(-n3c4c(c5c3CCC=C5)CCC=C4)c2)N=C1Cl. The first kappa shape index (κ1) is 16.6. The highest BCUT2D eigenvalue weighted by molar-refractivity contribution is 6.65. The van der Waals surface area contributed by atoms with Crippen LogP contribution in [0.5, 0.6) is 0 Å². The van der Waals surface area contributed by atoms with Crippen molar-refractivity contribution in [3.63, 3.8) is 0 Å². The van der Waals surface area contributed by atoms with E-state index in [1.165, 1.54) is 28.2 Å². The van der Waals surface area contributed by atoms with Gasteiger partial charge in [0.15, 0.2) is 5.29 Å². The maximum absolute atomic E-state index is 6.25. The molecule has 5 rings (SSSR count). The molecule has 0 bridgehead atoms. The summed E-state index contributed by atoms with van der Waals surface area (Å²) in [6, 6.07) is 8.68. The van der Waals surface area contributed by atoms with Crippen LogP contribution in [0.4, 0.5) is 0 Å². The fourth-order valence-corrected chi connectivity index (χ4v) is 4.41. The molecule has 0 unspecified atom stereocenters. The van der Waals surface area contributed by atoms with E-state index in [0.717, 1.165) is 43.5 Å². The Morgan fingerprint density at radius 2 is 1.93 bits per heavy atom. The van der Waals surface area contributed by atoms with Crippen LogP contribution in [0.1, 0.15) is 40.9 Å². The van der Waals surface area contributed by atoms with E-state index in [-0.39, 0.29) is 0 Å². The van der Waals surface area contributed by atoms with Gasteiger partial charge in [-0.3, -0.25) is 0 Å². The minimum Gasteiger partial charge on any atom is -0.346 e. The highest BCUT2D eigenvalue weighted by Crippen LogP contribution is 2.36. The standard InChI is InChI=1S/C23H22ClN3/c1-26-14-13-20(25-23(26)24)16-7-6-8-17(15-16)27-21-11-4-2-9-18(21)19-10-3-5-12-22(19)27/h2,5-9,12-13,15H,3-4,10-11,14H2,1H3. The second-order valence-electron chi connectivity index (χ2n) is 7.34. The number of allylic oxidation sites excluding steroid dienone is 2. The predicted octanol–water partition coefficient (Wildman–Crippen LogP) is 5.28. The minimum absolute atomic E-state index is 0.543. The lowest BCUT2D eigenvalue weighted by Gasteiger charge is -2.21. The van der Waals surface area contributed by atoms with E-state index in [2.05, 4.69) is 64.2 Å². The summed E-state index contributed by atoms with van der Waals surface area (Å²) < 4.78 is 2.45. The topological polar surface area (TPSA) is 20.5 Å². The first-order chi connectivity index (χ1) is 13.2. The normalized spacial score (nSPS) is 18.1. The van der Waals surface area contributed by atoms with Crippen molar-refractivity contribution in [3.05, 3.63) is 70.6 Å². The molecule has 0 radical (unpaired) electrons. The Balaban J connectivity index is 1.64. The molecule has 0 amide bonds. The van der Waals surface area contributed by atoms with Crippen LogP contribution in [0.2, 0.25) is 0 Å². The fourth-order valence-electron chi connectivity index (χ4n) is 4.25. The third-order valence-electron chi connectivity index (χ3n) is 5.61. The van der Waals surface area contributed by atoms with Crippen LogP contribution in [0, 0.1) is 0 Å². The molecule has 0 N–H and O–H groups in total. The Morgan fingerprint density at radius 3 is 2.81 bits per heavy atom. The molecule has 2 aromatic rings. The summed E-state index contributed by atoms with van der Waals surface area (Å²) in [7, 11) is 1.95. The van der Waals surface area contributed by atoms with Gasteiger partial charge in [-0.1, -0.05) is 30.4 Å². The third-order valence-corrected chi connectivity index (χ3v) is 5.98. The van der Waals surface area contributed by atoms with Gasteiger partial charge in [0.25, 0.3) is 0 Å². The van der Waals surface area contributed by atoms with Crippen LogP contribution in [0.15, 0.2) is 47.5 Å². The summed E-state index contributed by atoms with van der Waals surface area (Å²) in [4.78, 5) is 6.50. The predicted molar refractivity (Wildman–Crippen MR) is 114 cm³/mol. The molecule has 0 fully saturated rings. The highest BCUT2D eigenvalue weighted by Gasteiger charge is 2.23. The number of hydrogen-bond acceptors (Lipinski definition) is 2. The second-order valence-corrected chi connectivity index (χ2v) is 7.68. The molecular formula is C23H22ClN3. The monoisotopic (exact) mass is 375 g/mol. The Morgan fingerprint density at radius 1 is 1.07 bits per heavy atom. The van der Waals surface area contributed by atoms with Gasteiger partial charge < -0.3 is 9.47 Å². The number of rotatable bonds is 2. The molecule has 0 saturated carbocycles. The molecule has 2 heterocycles. The van der Waals surface area contributed by atoms with Crippen LogP contribution in [0.3, 0.4) is 0 Å². The number of hydrogen-bond donors (Lipinski definition) is 0. The van der Waals surface area contributed by atoms with Crippen molar-refractivity contribution >= 4 is 34.7 Å². The molecule has 1 aromatic heterocycles. The lowest BCUT2D eigenvalue weighted by Crippen LogP contribution is -2.25. The van der Waals surface area contributed by atoms with Crippen molar-refractivity contribution < 1.29 is 0 Å². The molecule has 136 valence electrons. The smallest absolute Gasteiger partial charge is 0.199 e. The van der Waals surface area contributed by atoms with Crippen molar-refractivity contribution in [1.82, 2.24) is 9.47 Å². The first-order valence-electron chi connectivity index (χ1n) is 9.58. The van der Waals surface area contributed by atoms with E-state index in [1.54, 1.807) is 0 Å². The zero-order valence-electron chi connectivity index (χ0n) is 15.5. The van der Waals surface area contributed by atoms with Gasteiger partial charge in [-0.25, -0.2) is 4.99 Å². The van der Waals surface area contributed by atoms with Gasteiger partial charge in [0.2, 0.25) is 0 Å². The van der Waals surface area contributed by atoms with Crippen LogP contribution in [-0.2, 0) is 12.8 Å². The average molecular weight is 376 g/mol. The Labute approximate surface area is 165 Å². The Bertz CT molecular complexity index is 1040. The molecule has 1 aliphatic heterocycles. The number of likely N-dealkylation sites (N-methyl/N-ethyl adjacent to an activating group) is 1. The third kappa shape index (κ3) is 2.78. The number of amidine groups is 1. The van der Waals surface area contributed by atoms with E-state index in [0.29, 0.717) is 5.29 Å². The van der Waals surface area contributed by atoms with E-state index < -0.39 is 0 Å². The first-order valence-corrected chi connectivity index (χ1v) is 9.96. The molecule has 4 heteroatoms. The molecular weight excluding hydrogens is 354 g/mol. The molecule has 1 aromatic carbocycles.